The van der Waals surface area contributed by atoms with Gasteiger partial charge in [-0.05, 0) is 80.4 Å². The number of benzene rings is 3. The summed E-state index contributed by atoms with van der Waals surface area (Å²) in [5.41, 5.74) is 2.27. The number of hydrogen-bond acceptors (Lipinski definition) is 4. The number of nitrogens with one attached hydrogen (secondary N) is 2. The molecular weight excluding hydrogens is 430 g/mol. The smallest absolute Gasteiger partial charge is 0.255 e. The summed E-state index contributed by atoms with van der Waals surface area (Å²) in [6, 6.07) is 22.3. The highest BCUT2D eigenvalue weighted by atomic mass is 16.5. The van der Waals surface area contributed by atoms with Gasteiger partial charge in [0.2, 0.25) is 5.91 Å². The standard InChI is InChI=1S/C27H27N3O4/c1-2-34-23-16-14-22(15-17-23)28-25(31)19-10-12-21(13-11-19)29-26(32)24-9-6-18-30(24)27(33)20-7-4-3-5-8-20/h3-5,7-8,10-17,24H,2,6,9,18H2,1H3,(H,28,31)(H,29,32). The Bertz CT molecular complexity index is 1140. The first-order chi connectivity index (χ1) is 16.5. The highest BCUT2D eigenvalue weighted by Gasteiger charge is 2.34. The third-order valence-electron chi connectivity index (χ3n) is 5.67. The third kappa shape index (κ3) is 5.43. The number of carbonyl (C=O) groups excluding carboxylic acids is 3. The summed E-state index contributed by atoms with van der Waals surface area (Å²) in [4.78, 5) is 39.9. The number of anilines is 2. The SMILES string of the molecule is CCOc1ccc(NC(=O)c2ccc(NC(=O)C3CCCN3C(=O)c3ccccc3)cc2)cc1. The number of hydrogen-bond donors (Lipinski definition) is 2. The lowest BCUT2D eigenvalue weighted by Gasteiger charge is -2.24. The molecule has 0 aliphatic carbocycles. The van der Waals surface area contributed by atoms with Gasteiger partial charge in [0.05, 0.1) is 6.61 Å². The Balaban J connectivity index is 1.35. The Morgan fingerprint density at radius 3 is 2.18 bits per heavy atom. The molecule has 0 bridgehead atoms. The molecule has 174 valence electrons. The second kappa shape index (κ2) is 10.7. The van der Waals surface area contributed by atoms with Crippen LogP contribution in [0.2, 0.25) is 0 Å². The summed E-state index contributed by atoms with van der Waals surface area (Å²) in [5.74, 6) is 0.122. The number of likely N-dealkylation sites (tertiary alicyclic amines) is 1. The molecule has 1 aliphatic heterocycles. The van der Waals surface area contributed by atoms with Gasteiger partial charge in [-0.25, -0.2) is 0 Å². The Morgan fingerprint density at radius 2 is 1.50 bits per heavy atom. The Kier molecular flexibility index (Phi) is 7.22. The normalized spacial score (nSPS) is 15.0. The van der Waals surface area contributed by atoms with Gasteiger partial charge in [0.1, 0.15) is 11.8 Å². The lowest BCUT2D eigenvalue weighted by Crippen LogP contribution is -2.43. The van der Waals surface area contributed by atoms with Crippen molar-refractivity contribution in [1.29, 1.82) is 0 Å². The molecule has 1 unspecified atom stereocenters. The van der Waals surface area contributed by atoms with Gasteiger partial charge in [-0.3, -0.25) is 14.4 Å². The van der Waals surface area contributed by atoms with E-state index in [-0.39, 0.29) is 17.7 Å². The Morgan fingerprint density at radius 1 is 0.853 bits per heavy atom. The van der Waals surface area contributed by atoms with E-state index in [1.807, 2.05) is 25.1 Å². The molecule has 3 aromatic rings. The van der Waals surface area contributed by atoms with Crippen LogP contribution in [0.25, 0.3) is 0 Å². The fourth-order valence-electron chi connectivity index (χ4n) is 3.96. The number of carbonyl (C=O) groups is 3. The van der Waals surface area contributed by atoms with Crippen molar-refractivity contribution in [2.45, 2.75) is 25.8 Å². The lowest BCUT2D eigenvalue weighted by atomic mass is 10.1. The second-order valence-corrected chi connectivity index (χ2v) is 8.00. The van der Waals surface area contributed by atoms with Crippen molar-refractivity contribution in [3.8, 4) is 5.75 Å². The molecule has 1 heterocycles. The predicted molar refractivity (Wildman–Crippen MR) is 131 cm³/mol. The highest BCUT2D eigenvalue weighted by Crippen LogP contribution is 2.22. The minimum atomic E-state index is -0.518. The Hall–Kier alpha value is -4.13. The van der Waals surface area contributed by atoms with E-state index in [9.17, 15) is 14.4 Å². The fraction of sp³-hybridized carbons (Fsp3) is 0.222. The summed E-state index contributed by atoms with van der Waals surface area (Å²) in [7, 11) is 0. The van der Waals surface area contributed by atoms with Crippen LogP contribution in [-0.2, 0) is 4.79 Å². The van der Waals surface area contributed by atoms with Crippen molar-refractivity contribution in [2.24, 2.45) is 0 Å². The molecule has 0 aromatic heterocycles. The largest absolute Gasteiger partial charge is 0.494 e. The number of rotatable bonds is 7. The molecular formula is C27H27N3O4. The zero-order valence-electron chi connectivity index (χ0n) is 19.0. The molecule has 4 rings (SSSR count). The van der Waals surface area contributed by atoms with E-state index in [0.29, 0.717) is 42.1 Å². The molecule has 0 spiro atoms. The van der Waals surface area contributed by atoms with Crippen LogP contribution >= 0.6 is 0 Å². The van der Waals surface area contributed by atoms with Crippen LogP contribution < -0.4 is 15.4 Å². The first-order valence-corrected chi connectivity index (χ1v) is 11.4. The van der Waals surface area contributed by atoms with Crippen molar-refractivity contribution >= 4 is 29.1 Å². The fourth-order valence-corrected chi connectivity index (χ4v) is 3.96. The predicted octanol–water partition coefficient (Wildman–Crippen LogP) is 4.58. The maximum atomic E-state index is 12.9. The maximum Gasteiger partial charge on any atom is 0.255 e. The number of ether oxygens (including phenoxy) is 1. The molecule has 0 saturated carbocycles. The first-order valence-electron chi connectivity index (χ1n) is 11.4. The average molecular weight is 458 g/mol. The monoisotopic (exact) mass is 457 g/mol. The minimum Gasteiger partial charge on any atom is -0.494 e. The molecule has 7 nitrogen and oxygen atoms in total. The number of nitrogens with zero attached hydrogens (tertiary/aromatic N) is 1. The van der Waals surface area contributed by atoms with Gasteiger partial charge < -0.3 is 20.3 Å². The molecule has 34 heavy (non-hydrogen) atoms. The molecule has 7 heteroatoms. The van der Waals surface area contributed by atoms with Gasteiger partial charge in [-0.15, -0.1) is 0 Å². The average Bonchev–Trinajstić information content (AvgIpc) is 3.36. The van der Waals surface area contributed by atoms with Crippen LogP contribution in [0.1, 0.15) is 40.5 Å². The lowest BCUT2D eigenvalue weighted by molar-refractivity contribution is -0.119. The van der Waals surface area contributed by atoms with Crippen molar-refractivity contribution < 1.29 is 19.1 Å². The van der Waals surface area contributed by atoms with Crippen LogP contribution in [0.5, 0.6) is 5.75 Å². The van der Waals surface area contributed by atoms with Crippen molar-refractivity contribution in [3.63, 3.8) is 0 Å². The molecule has 2 N–H and O–H groups in total. The van der Waals surface area contributed by atoms with E-state index >= 15 is 0 Å². The van der Waals surface area contributed by atoms with Crippen LogP contribution in [0.4, 0.5) is 11.4 Å². The van der Waals surface area contributed by atoms with Gasteiger partial charge in [-0.2, -0.15) is 0 Å². The van der Waals surface area contributed by atoms with Crippen molar-refractivity contribution in [1.82, 2.24) is 4.90 Å². The maximum absolute atomic E-state index is 12.9. The Labute approximate surface area is 198 Å². The summed E-state index contributed by atoms with van der Waals surface area (Å²) < 4.78 is 5.41. The summed E-state index contributed by atoms with van der Waals surface area (Å²) in [6.45, 7) is 3.04. The molecule has 3 amide bonds. The zero-order chi connectivity index (χ0) is 23.9. The molecule has 0 radical (unpaired) electrons. The van der Waals surface area contributed by atoms with Crippen LogP contribution in [-0.4, -0.2) is 41.8 Å². The second-order valence-electron chi connectivity index (χ2n) is 8.00. The van der Waals surface area contributed by atoms with E-state index in [1.165, 1.54) is 0 Å². The quantitative estimate of drug-likeness (QED) is 0.544. The summed E-state index contributed by atoms with van der Waals surface area (Å²) in [5, 5.41) is 5.72. The van der Waals surface area contributed by atoms with Gasteiger partial charge in [0.15, 0.2) is 0 Å². The first kappa shape index (κ1) is 23.0. The zero-order valence-corrected chi connectivity index (χ0v) is 19.0. The van der Waals surface area contributed by atoms with E-state index in [2.05, 4.69) is 10.6 Å². The highest BCUT2D eigenvalue weighted by molar-refractivity contribution is 6.05. The van der Waals surface area contributed by atoms with E-state index in [4.69, 9.17) is 4.74 Å². The molecule has 1 atom stereocenters. The van der Waals surface area contributed by atoms with E-state index < -0.39 is 6.04 Å². The van der Waals surface area contributed by atoms with Crippen LogP contribution in [0, 0.1) is 0 Å². The van der Waals surface area contributed by atoms with Gasteiger partial charge in [0.25, 0.3) is 11.8 Å². The van der Waals surface area contributed by atoms with Gasteiger partial charge >= 0.3 is 0 Å². The minimum absolute atomic E-state index is 0.139. The topological polar surface area (TPSA) is 87.7 Å². The molecule has 1 aliphatic rings. The molecule has 1 saturated heterocycles. The van der Waals surface area contributed by atoms with E-state index in [0.717, 1.165) is 12.2 Å². The molecule has 3 aromatic carbocycles. The third-order valence-corrected chi connectivity index (χ3v) is 5.67. The van der Waals surface area contributed by atoms with Crippen molar-refractivity contribution in [2.75, 3.05) is 23.8 Å². The number of amides is 3. The summed E-state index contributed by atoms with van der Waals surface area (Å²) >= 11 is 0. The van der Waals surface area contributed by atoms with Gasteiger partial charge in [0, 0.05) is 29.0 Å². The van der Waals surface area contributed by atoms with Crippen molar-refractivity contribution in [3.05, 3.63) is 90.0 Å². The van der Waals surface area contributed by atoms with E-state index in [1.54, 1.807) is 65.6 Å². The molecule has 1 fully saturated rings. The summed E-state index contributed by atoms with van der Waals surface area (Å²) in [6.07, 6.45) is 1.40. The van der Waals surface area contributed by atoms with Gasteiger partial charge in [-0.1, -0.05) is 18.2 Å². The van der Waals surface area contributed by atoms with Crippen LogP contribution in [0.15, 0.2) is 78.9 Å². The van der Waals surface area contributed by atoms with Crippen LogP contribution in [0.3, 0.4) is 0 Å².